The molecule has 3 heterocycles. The van der Waals surface area contributed by atoms with Gasteiger partial charge in [0.15, 0.2) is 0 Å². The van der Waals surface area contributed by atoms with E-state index in [-0.39, 0.29) is 6.61 Å². The van der Waals surface area contributed by atoms with Gasteiger partial charge in [-0.1, -0.05) is 0 Å². The van der Waals surface area contributed by atoms with Gasteiger partial charge in [0.25, 0.3) is 0 Å². The van der Waals surface area contributed by atoms with Crippen molar-refractivity contribution in [3.8, 4) is 5.75 Å². The van der Waals surface area contributed by atoms with Crippen LogP contribution in [0.2, 0.25) is 0 Å². The van der Waals surface area contributed by atoms with E-state index in [0.29, 0.717) is 18.4 Å². The quantitative estimate of drug-likeness (QED) is 0.590. The Labute approximate surface area is 187 Å². The Morgan fingerprint density at radius 2 is 1.94 bits per heavy atom. The number of thiophene rings is 1. The minimum atomic E-state index is 0.137. The molecule has 2 aliphatic rings. The first-order valence-electron chi connectivity index (χ1n) is 11.2. The highest BCUT2D eigenvalue weighted by molar-refractivity contribution is 7.10. The Hall–Kier alpha value is -2.38. The molecule has 1 N–H and O–H groups in total. The Bertz CT molecular complexity index is 1060. The highest BCUT2D eigenvalue weighted by Gasteiger charge is 2.30. The predicted molar refractivity (Wildman–Crippen MR) is 127 cm³/mol. The monoisotopic (exact) mass is 438 g/mol. The Balaban J connectivity index is 1.45. The van der Waals surface area contributed by atoms with E-state index < -0.39 is 0 Å². The van der Waals surface area contributed by atoms with Crippen molar-refractivity contribution in [2.24, 2.45) is 0 Å². The van der Waals surface area contributed by atoms with Gasteiger partial charge in [0.2, 0.25) is 0 Å². The molecule has 1 saturated heterocycles. The first kappa shape index (κ1) is 20.5. The second-order valence-electron chi connectivity index (χ2n) is 8.64. The molecule has 2 aromatic heterocycles. The lowest BCUT2D eigenvalue weighted by molar-refractivity contribution is 0.304. The van der Waals surface area contributed by atoms with Crippen LogP contribution in [0.25, 0.3) is 10.9 Å². The number of fused-ring (bicyclic) bond motifs is 1. The molecule has 1 aliphatic carbocycles. The van der Waals surface area contributed by atoms with Gasteiger partial charge in [-0.3, -0.25) is 0 Å². The SMILES string of the molecule is COc1ccsc1C1CCN(c2nc(C3CC3)nc3ccc(N(C)CCO)cc23)CC1. The molecule has 0 spiro atoms. The van der Waals surface area contributed by atoms with Gasteiger partial charge in [-0.25, -0.2) is 9.97 Å². The summed E-state index contributed by atoms with van der Waals surface area (Å²) in [6.45, 7) is 2.71. The zero-order valence-electron chi connectivity index (χ0n) is 18.3. The van der Waals surface area contributed by atoms with Gasteiger partial charge in [0.05, 0.1) is 19.2 Å². The van der Waals surface area contributed by atoms with Crippen molar-refractivity contribution in [2.75, 3.05) is 50.2 Å². The molecule has 6 nitrogen and oxygen atoms in total. The lowest BCUT2D eigenvalue weighted by Gasteiger charge is -2.33. The Morgan fingerprint density at radius 3 is 2.65 bits per heavy atom. The molecule has 1 aliphatic heterocycles. The fourth-order valence-corrected chi connectivity index (χ4v) is 5.56. The van der Waals surface area contributed by atoms with Crippen LogP contribution >= 0.6 is 11.3 Å². The molecule has 5 rings (SSSR count). The summed E-state index contributed by atoms with van der Waals surface area (Å²) in [6.07, 6.45) is 4.60. The van der Waals surface area contributed by atoms with E-state index in [0.717, 1.165) is 59.9 Å². The number of nitrogens with zero attached hydrogens (tertiary/aromatic N) is 4. The number of aromatic nitrogens is 2. The standard InChI is InChI=1S/C24H30N4O2S/c1-27(12-13-29)18-5-6-20-19(15-18)24(26-23(25-20)17-3-4-17)28-10-7-16(8-11-28)22-21(30-2)9-14-31-22/h5-6,9,14-17,29H,3-4,7-8,10-13H2,1-2H3. The average Bonchev–Trinajstić information content (AvgIpc) is 3.55. The van der Waals surface area contributed by atoms with Crippen LogP contribution in [0.15, 0.2) is 29.6 Å². The number of likely N-dealkylation sites (N-methyl/N-ethyl adjacent to an activating group) is 1. The number of hydrogen-bond acceptors (Lipinski definition) is 7. The summed E-state index contributed by atoms with van der Waals surface area (Å²) < 4.78 is 5.57. The number of aliphatic hydroxyl groups is 1. The summed E-state index contributed by atoms with van der Waals surface area (Å²) in [5.74, 6) is 4.17. The third-order valence-corrected chi connectivity index (χ3v) is 7.60. The minimum Gasteiger partial charge on any atom is -0.496 e. The van der Waals surface area contributed by atoms with Gasteiger partial charge in [-0.05, 0) is 55.3 Å². The second-order valence-corrected chi connectivity index (χ2v) is 9.59. The van der Waals surface area contributed by atoms with Crippen molar-refractivity contribution in [2.45, 2.75) is 37.5 Å². The number of anilines is 2. The summed E-state index contributed by atoms with van der Waals surface area (Å²) in [6, 6.07) is 8.47. The molecular weight excluding hydrogens is 408 g/mol. The largest absolute Gasteiger partial charge is 0.496 e. The molecule has 2 fully saturated rings. The Kier molecular flexibility index (Phi) is 5.71. The van der Waals surface area contributed by atoms with Gasteiger partial charge in [0, 0.05) is 54.5 Å². The van der Waals surface area contributed by atoms with Gasteiger partial charge < -0.3 is 19.6 Å². The van der Waals surface area contributed by atoms with Gasteiger partial charge in [-0.15, -0.1) is 11.3 Å². The molecule has 3 aromatic rings. The molecule has 1 aromatic carbocycles. The second kappa shape index (κ2) is 8.63. The highest BCUT2D eigenvalue weighted by Crippen LogP contribution is 2.42. The smallest absolute Gasteiger partial charge is 0.140 e. The van der Waals surface area contributed by atoms with Crippen LogP contribution in [-0.2, 0) is 0 Å². The first-order valence-corrected chi connectivity index (χ1v) is 12.1. The molecule has 0 unspecified atom stereocenters. The maximum atomic E-state index is 9.33. The number of ether oxygens (including phenoxy) is 1. The van der Waals surface area contributed by atoms with E-state index >= 15 is 0 Å². The predicted octanol–water partition coefficient (Wildman–Crippen LogP) is 4.39. The summed E-state index contributed by atoms with van der Waals surface area (Å²) in [5, 5.41) is 12.6. The third-order valence-electron chi connectivity index (χ3n) is 6.54. The van der Waals surface area contributed by atoms with Crippen molar-refractivity contribution in [1.29, 1.82) is 0 Å². The first-order chi connectivity index (χ1) is 15.2. The maximum Gasteiger partial charge on any atom is 0.140 e. The van der Waals surface area contributed by atoms with Crippen LogP contribution in [0.4, 0.5) is 11.5 Å². The molecule has 0 amide bonds. The van der Waals surface area contributed by atoms with E-state index in [1.807, 2.05) is 18.4 Å². The Morgan fingerprint density at radius 1 is 1.13 bits per heavy atom. The zero-order valence-corrected chi connectivity index (χ0v) is 19.1. The fraction of sp³-hybridized carbons (Fsp3) is 0.500. The molecule has 1 saturated carbocycles. The summed E-state index contributed by atoms with van der Waals surface area (Å²) in [4.78, 5) is 15.9. The number of piperidine rings is 1. The van der Waals surface area contributed by atoms with Gasteiger partial charge in [-0.2, -0.15) is 0 Å². The van der Waals surface area contributed by atoms with E-state index in [1.165, 1.54) is 17.7 Å². The molecular formula is C24H30N4O2S. The molecule has 31 heavy (non-hydrogen) atoms. The topological polar surface area (TPSA) is 61.7 Å². The average molecular weight is 439 g/mol. The number of benzene rings is 1. The zero-order chi connectivity index (χ0) is 21.4. The summed E-state index contributed by atoms with van der Waals surface area (Å²) in [7, 11) is 3.77. The van der Waals surface area contributed by atoms with Crippen LogP contribution in [0.5, 0.6) is 5.75 Å². The molecule has 0 radical (unpaired) electrons. The van der Waals surface area contributed by atoms with Gasteiger partial charge in [0.1, 0.15) is 17.4 Å². The van der Waals surface area contributed by atoms with Crippen LogP contribution in [-0.4, -0.2) is 55.5 Å². The highest BCUT2D eigenvalue weighted by atomic mass is 32.1. The molecule has 7 heteroatoms. The molecule has 164 valence electrons. The number of methoxy groups -OCH3 is 1. The van der Waals surface area contributed by atoms with Crippen LogP contribution < -0.4 is 14.5 Å². The summed E-state index contributed by atoms with van der Waals surface area (Å²) >= 11 is 1.81. The maximum absolute atomic E-state index is 9.33. The normalized spacial score (nSPS) is 17.3. The van der Waals surface area contributed by atoms with E-state index in [4.69, 9.17) is 14.7 Å². The molecule has 0 bridgehead atoms. The number of rotatable bonds is 7. The molecule has 0 atom stereocenters. The fourth-order valence-electron chi connectivity index (χ4n) is 4.53. The van der Waals surface area contributed by atoms with Crippen molar-refractivity contribution in [3.63, 3.8) is 0 Å². The van der Waals surface area contributed by atoms with Gasteiger partial charge >= 0.3 is 0 Å². The van der Waals surface area contributed by atoms with E-state index in [9.17, 15) is 5.11 Å². The number of hydrogen-bond donors (Lipinski definition) is 1. The van der Waals surface area contributed by atoms with Crippen molar-refractivity contribution in [3.05, 3.63) is 40.3 Å². The summed E-state index contributed by atoms with van der Waals surface area (Å²) in [5.41, 5.74) is 2.11. The van der Waals surface area contributed by atoms with E-state index in [1.54, 1.807) is 7.11 Å². The van der Waals surface area contributed by atoms with Crippen LogP contribution in [0, 0.1) is 0 Å². The van der Waals surface area contributed by atoms with Crippen molar-refractivity contribution >= 4 is 33.7 Å². The minimum absolute atomic E-state index is 0.137. The van der Waals surface area contributed by atoms with Crippen molar-refractivity contribution in [1.82, 2.24) is 9.97 Å². The third kappa shape index (κ3) is 4.08. The van der Waals surface area contributed by atoms with Crippen LogP contribution in [0.1, 0.15) is 48.2 Å². The number of aliphatic hydroxyl groups excluding tert-OH is 1. The lowest BCUT2D eigenvalue weighted by atomic mass is 9.94. The lowest BCUT2D eigenvalue weighted by Crippen LogP contribution is -2.33. The van der Waals surface area contributed by atoms with Crippen LogP contribution in [0.3, 0.4) is 0 Å². The van der Waals surface area contributed by atoms with Crippen molar-refractivity contribution < 1.29 is 9.84 Å². The van der Waals surface area contributed by atoms with E-state index in [2.05, 4.69) is 39.4 Å².